The van der Waals surface area contributed by atoms with Crippen LogP contribution in [0.1, 0.15) is 56.7 Å². The predicted octanol–water partition coefficient (Wildman–Crippen LogP) is 5.89. The highest BCUT2D eigenvalue weighted by Gasteiger charge is 2.34. The Bertz CT molecular complexity index is 1430. The van der Waals surface area contributed by atoms with Crippen LogP contribution in [0.3, 0.4) is 0 Å². The summed E-state index contributed by atoms with van der Waals surface area (Å²) >= 11 is 3.50. The lowest BCUT2D eigenvalue weighted by Crippen LogP contribution is -2.54. The molecule has 0 heterocycles. The van der Waals surface area contributed by atoms with Crippen LogP contribution in [-0.2, 0) is 32.6 Å². The van der Waals surface area contributed by atoms with Crippen LogP contribution in [0.25, 0.3) is 0 Å². The van der Waals surface area contributed by atoms with Crippen molar-refractivity contribution in [2.45, 2.75) is 65.1 Å². The van der Waals surface area contributed by atoms with E-state index in [1.807, 2.05) is 94.4 Å². The summed E-state index contributed by atoms with van der Waals surface area (Å²) in [7, 11) is -3.83. The maximum Gasteiger partial charge on any atom is 0.244 e. The van der Waals surface area contributed by atoms with Crippen LogP contribution in [0.15, 0.2) is 83.3 Å². The van der Waals surface area contributed by atoms with E-state index in [4.69, 9.17) is 0 Å². The van der Waals surface area contributed by atoms with Crippen LogP contribution in [0.5, 0.6) is 0 Å². The number of para-hydroxylation sites is 1. The molecule has 3 rings (SSSR count). The molecule has 9 heteroatoms. The highest BCUT2D eigenvalue weighted by Crippen LogP contribution is 2.29. The number of nitrogens with zero attached hydrogens (tertiary/aromatic N) is 2. The molecule has 3 aromatic rings. The lowest BCUT2D eigenvalue weighted by atomic mass is 10.0. The number of anilines is 1. The first-order valence-electron chi connectivity index (χ1n) is 13.9. The maximum atomic E-state index is 14.3. The molecule has 1 N–H and O–H groups in total. The van der Waals surface area contributed by atoms with Gasteiger partial charge in [0, 0.05) is 23.5 Å². The topological polar surface area (TPSA) is 86.8 Å². The summed E-state index contributed by atoms with van der Waals surface area (Å²) in [5.41, 5.74) is 2.99. The van der Waals surface area contributed by atoms with E-state index in [1.54, 1.807) is 12.1 Å². The number of sulfonamides is 1. The van der Waals surface area contributed by atoms with Gasteiger partial charge in [-0.2, -0.15) is 0 Å². The molecule has 0 aromatic heterocycles. The van der Waals surface area contributed by atoms with Gasteiger partial charge in [0.05, 0.1) is 11.9 Å². The summed E-state index contributed by atoms with van der Waals surface area (Å²) in [6, 6.07) is 23.4. The summed E-state index contributed by atoms with van der Waals surface area (Å²) in [6.07, 6.45) is 2.12. The van der Waals surface area contributed by atoms with Gasteiger partial charge in [0.2, 0.25) is 21.8 Å². The van der Waals surface area contributed by atoms with Crippen LogP contribution in [0.2, 0.25) is 0 Å². The fraction of sp³-hybridized carbons (Fsp3) is 0.375. The molecule has 0 saturated carbocycles. The van der Waals surface area contributed by atoms with Gasteiger partial charge in [0.15, 0.2) is 0 Å². The second kappa shape index (κ2) is 14.6. The summed E-state index contributed by atoms with van der Waals surface area (Å²) < 4.78 is 28.2. The monoisotopic (exact) mass is 641 g/mol. The molecule has 220 valence electrons. The zero-order valence-corrected chi connectivity index (χ0v) is 26.8. The molecule has 0 unspecified atom stereocenters. The van der Waals surface area contributed by atoms with E-state index in [0.717, 1.165) is 38.1 Å². The molecule has 3 aromatic carbocycles. The number of carbonyl (C=O) groups excluding carboxylic acids is 2. The number of amides is 2. The van der Waals surface area contributed by atoms with Crippen molar-refractivity contribution in [3.05, 3.63) is 100 Å². The Labute approximate surface area is 253 Å². The van der Waals surface area contributed by atoms with Crippen molar-refractivity contribution in [3.63, 3.8) is 0 Å². The van der Waals surface area contributed by atoms with Gasteiger partial charge in [-0.15, -0.1) is 0 Å². The van der Waals surface area contributed by atoms with Gasteiger partial charge in [0.1, 0.15) is 12.6 Å². The van der Waals surface area contributed by atoms with Gasteiger partial charge in [0.25, 0.3) is 0 Å². The number of hydrogen-bond donors (Lipinski definition) is 1. The number of hydrogen-bond acceptors (Lipinski definition) is 4. The van der Waals surface area contributed by atoms with E-state index < -0.39 is 28.5 Å². The number of carbonyl (C=O) groups is 2. The van der Waals surface area contributed by atoms with Gasteiger partial charge < -0.3 is 10.2 Å². The minimum Gasteiger partial charge on any atom is -0.352 e. The first-order chi connectivity index (χ1) is 19.4. The van der Waals surface area contributed by atoms with Crippen LogP contribution in [0.4, 0.5) is 5.69 Å². The third-order valence-corrected chi connectivity index (χ3v) is 8.64. The molecule has 0 fully saturated rings. The van der Waals surface area contributed by atoms with Crippen LogP contribution < -0.4 is 9.62 Å². The molecular weight excluding hydrogens is 602 g/mol. The highest BCUT2D eigenvalue weighted by molar-refractivity contribution is 9.10. The molecule has 0 aliphatic rings. The quantitative estimate of drug-likeness (QED) is 0.252. The first-order valence-corrected chi connectivity index (χ1v) is 16.5. The van der Waals surface area contributed by atoms with Gasteiger partial charge >= 0.3 is 0 Å². The Morgan fingerprint density at radius 1 is 0.902 bits per heavy atom. The number of benzene rings is 3. The van der Waals surface area contributed by atoms with Crippen LogP contribution in [-0.4, -0.2) is 50.0 Å². The van der Waals surface area contributed by atoms with Crippen LogP contribution >= 0.6 is 15.9 Å². The predicted molar refractivity (Wildman–Crippen MR) is 169 cm³/mol. The largest absolute Gasteiger partial charge is 0.352 e. The number of rotatable bonds is 13. The fourth-order valence-electron chi connectivity index (χ4n) is 4.62. The van der Waals surface area contributed by atoms with Crippen molar-refractivity contribution in [1.82, 2.24) is 10.2 Å². The Balaban J connectivity index is 2.10. The summed E-state index contributed by atoms with van der Waals surface area (Å²) in [5, 5.41) is 3.05. The van der Waals surface area contributed by atoms with Crippen molar-refractivity contribution in [2.24, 2.45) is 0 Å². The first kappa shape index (κ1) is 32.3. The molecular formula is C32H40BrN3O4S. The zero-order valence-electron chi connectivity index (χ0n) is 24.4. The van der Waals surface area contributed by atoms with E-state index in [2.05, 4.69) is 21.2 Å². The summed E-state index contributed by atoms with van der Waals surface area (Å²) in [6.45, 7) is 7.57. The normalized spacial score (nSPS) is 13.0. The molecule has 0 bridgehead atoms. The Kier molecular flexibility index (Phi) is 11.5. The average molecular weight is 643 g/mol. The fourth-order valence-corrected chi connectivity index (χ4v) is 5.94. The van der Waals surface area contributed by atoms with Crippen molar-refractivity contribution in [2.75, 3.05) is 17.1 Å². The Hall–Kier alpha value is -3.17. The SMILES string of the molecule is CC[C@H](C)NC(=O)[C@@H](Cc1ccccc1)N(Cc1cccc(Br)c1)C(=O)CN(c1ccccc1C(C)C)S(C)(=O)=O. The molecule has 2 amide bonds. The van der Waals surface area contributed by atoms with Crippen molar-refractivity contribution >= 4 is 43.5 Å². The van der Waals surface area contributed by atoms with Gasteiger partial charge in [-0.25, -0.2) is 8.42 Å². The highest BCUT2D eigenvalue weighted by atomic mass is 79.9. The van der Waals surface area contributed by atoms with Crippen LogP contribution in [0, 0.1) is 0 Å². The van der Waals surface area contributed by atoms with Gasteiger partial charge in [-0.1, -0.05) is 97.4 Å². The molecule has 41 heavy (non-hydrogen) atoms. The van der Waals surface area contributed by atoms with Gasteiger partial charge in [-0.3, -0.25) is 13.9 Å². The van der Waals surface area contributed by atoms with E-state index in [9.17, 15) is 18.0 Å². The second-order valence-corrected chi connectivity index (χ2v) is 13.5. The number of halogens is 1. The third kappa shape index (κ3) is 9.16. The molecule has 7 nitrogen and oxygen atoms in total. The second-order valence-electron chi connectivity index (χ2n) is 10.7. The van der Waals surface area contributed by atoms with Crippen molar-refractivity contribution < 1.29 is 18.0 Å². The minimum absolute atomic E-state index is 0.0375. The molecule has 0 saturated heterocycles. The van der Waals surface area contributed by atoms with Gasteiger partial charge in [-0.05, 0) is 54.2 Å². The minimum atomic E-state index is -3.83. The Morgan fingerprint density at radius 3 is 2.15 bits per heavy atom. The Morgan fingerprint density at radius 2 is 1.54 bits per heavy atom. The standard InChI is InChI=1S/C32H40BrN3O4S/c1-6-24(4)34-32(38)30(20-25-13-8-7-9-14-25)35(21-26-15-12-16-27(33)19-26)31(37)22-36(41(5,39)40)29-18-11-10-17-28(29)23(2)3/h7-19,23-24,30H,6,20-22H2,1-5H3,(H,34,38)/t24-,30+/m0/s1. The maximum absolute atomic E-state index is 14.3. The molecule has 0 aliphatic heterocycles. The summed E-state index contributed by atoms with van der Waals surface area (Å²) in [5.74, 6) is -0.704. The third-order valence-electron chi connectivity index (χ3n) is 7.02. The van der Waals surface area contributed by atoms with Crippen molar-refractivity contribution in [3.8, 4) is 0 Å². The molecule has 2 atom stereocenters. The van der Waals surface area contributed by atoms with E-state index in [-0.39, 0.29) is 30.8 Å². The van der Waals surface area contributed by atoms with Crippen molar-refractivity contribution in [1.29, 1.82) is 0 Å². The zero-order chi connectivity index (χ0) is 30.2. The summed E-state index contributed by atoms with van der Waals surface area (Å²) in [4.78, 5) is 29.6. The number of nitrogens with one attached hydrogen (secondary N) is 1. The lowest BCUT2D eigenvalue weighted by molar-refractivity contribution is -0.140. The molecule has 0 spiro atoms. The lowest BCUT2D eigenvalue weighted by Gasteiger charge is -2.34. The molecule has 0 aliphatic carbocycles. The smallest absolute Gasteiger partial charge is 0.244 e. The van der Waals surface area contributed by atoms with E-state index >= 15 is 0 Å². The van der Waals surface area contributed by atoms with E-state index in [1.165, 1.54) is 4.90 Å². The average Bonchev–Trinajstić information content (AvgIpc) is 2.93. The molecule has 0 radical (unpaired) electrons. The van der Waals surface area contributed by atoms with E-state index in [0.29, 0.717) is 5.69 Å².